The molecule has 0 unspecified atom stereocenters. The van der Waals surface area contributed by atoms with Gasteiger partial charge in [0.25, 0.3) is 0 Å². The number of allylic oxidation sites excluding steroid dienone is 4. The Labute approximate surface area is 136 Å². The zero-order valence-electron chi connectivity index (χ0n) is 12.9. The van der Waals surface area contributed by atoms with Gasteiger partial charge in [-0.3, -0.25) is 4.79 Å². The van der Waals surface area contributed by atoms with Crippen LogP contribution in [0.25, 0.3) is 5.57 Å². The third kappa shape index (κ3) is 4.41. The topological polar surface area (TPSA) is 17.1 Å². The molecule has 1 saturated carbocycles. The Morgan fingerprint density at radius 2 is 1.81 bits per heavy atom. The van der Waals surface area contributed by atoms with Crippen LogP contribution in [-0.2, 0) is 4.79 Å². The van der Waals surface area contributed by atoms with Crippen LogP contribution in [0.2, 0.25) is 0 Å². The lowest BCUT2D eigenvalue weighted by Gasteiger charge is -2.18. The molecule has 0 aliphatic heterocycles. The maximum Gasteiger partial charge on any atom is 0.158 e. The minimum absolute atomic E-state index is 0.240. The van der Waals surface area contributed by atoms with Crippen LogP contribution in [0.15, 0.2) is 40.9 Å². The van der Waals surface area contributed by atoms with Gasteiger partial charge in [-0.05, 0) is 53.9 Å². The Bertz CT molecular complexity index is 559. The predicted octanol–water partition coefficient (Wildman–Crippen LogP) is 5.83. The van der Waals surface area contributed by atoms with Gasteiger partial charge in [0, 0.05) is 5.92 Å². The molecule has 0 bridgehead atoms. The zero-order chi connectivity index (χ0) is 15.2. The van der Waals surface area contributed by atoms with Crippen molar-refractivity contribution in [2.45, 2.75) is 46.0 Å². The van der Waals surface area contributed by atoms with Gasteiger partial charge in [0.15, 0.2) is 5.78 Å². The second-order valence-corrected chi connectivity index (χ2v) is 7.02. The van der Waals surface area contributed by atoms with Crippen molar-refractivity contribution in [3.63, 3.8) is 0 Å². The van der Waals surface area contributed by atoms with Crippen molar-refractivity contribution in [3.05, 3.63) is 52.0 Å². The summed E-state index contributed by atoms with van der Waals surface area (Å²) in [5.41, 5.74) is 3.50. The Morgan fingerprint density at radius 3 is 2.43 bits per heavy atom. The molecule has 0 atom stereocenters. The molecule has 112 valence electrons. The number of hydrogen-bond donors (Lipinski definition) is 0. The number of carbonyl (C=O) groups excluding carboxylic acids is 1. The van der Waals surface area contributed by atoms with E-state index in [0.29, 0.717) is 0 Å². The Kier molecular flexibility index (Phi) is 5.98. The summed E-state index contributed by atoms with van der Waals surface area (Å²) in [5, 5.41) is 0. The summed E-state index contributed by atoms with van der Waals surface area (Å²) < 4.78 is 1.06. The number of benzene rings is 1. The minimum atomic E-state index is 0.240. The predicted molar refractivity (Wildman–Crippen MR) is 93.4 cm³/mol. The Balaban J connectivity index is 2.18. The number of halogens is 1. The number of hydrogen-bond acceptors (Lipinski definition) is 1. The monoisotopic (exact) mass is 346 g/mol. The summed E-state index contributed by atoms with van der Waals surface area (Å²) >= 11 is 3.57. The first kappa shape index (κ1) is 16.2. The van der Waals surface area contributed by atoms with Crippen LogP contribution in [0.3, 0.4) is 0 Å². The van der Waals surface area contributed by atoms with E-state index in [1.54, 1.807) is 6.08 Å². The van der Waals surface area contributed by atoms with E-state index in [-0.39, 0.29) is 11.7 Å². The van der Waals surface area contributed by atoms with E-state index in [1.165, 1.54) is 30.4 Å². The highest BCUT2D eigenvalue weighted by atomic mass is 79.9. The first-order chi connectivity index (χ1) is 10.1. The highest BCUT2D eigenvalue weighted by Crippen LogP contribution is 2.28. The van der Waals surface area contributed by atoms with Gasteiger partial charge < -0.3 is 0 Å². The smallest absolute Gasteiger partial charge is 0.158 e. The number of ketones is 1. The average molecular weight is 347 g/mol. The SMILES string of the molecule is C/C(Br)=C(\C=C\C(=O)C1CCCCC1)c1ccccc1C. The lowest BCUT2D eigenvalue weighted by Crippen LogP contribution is -2.15. The molecule has 1 aromatic rings. The van der Waals surface area contributed by atoms with Gasteiger partial charge in [0.2, 0.25) is 0 Å². The van der Waals surface area contributed by atoms with E-state index in [1.807, 2.05) is 25.1 Å². The van der Waals surface area contributed by atoms with Gasteiger partial charge in [0.1, 0.15) is 0 Å². The summed E-state index contributed by atoms with van der Waals surface area (Å²) in [4.78, 5) is 12.3. The van der Waals surface area contributed by atoms with E-state index in [2.05, 4.69) is 35.0 Å². The maximum absolute atomic E-state index is 12.3. The van der Waals surface area contributed by atoms with Gasteiger partial charge in [-0.1, -0.05) is 65.5 Å². The molecule has 0 aromatic heterocycles. The van der Waals surface area contributed by atoms with Crippen LogP contribution in [-0.4, -0.2) is 5.78 Å². The fourth-order valence-electron chi connectivity index (χ4n) is 2.95. The van der Waals surface area contributed by atoms with Gasteiger partial charge in [-0.15, -0.1) is 0 Å². The molecule has 1 aromatic carbocycles. The van der Waals surface area contributed by atoms with Crippen molar-refractivity contribution in [3.8, 4) is 0 Å². The van der Waals surface area contributed by atoms with Gasteiger partial charge in [-0.25, -0.2) is 0 Å². The third-order valence-electron chi connectivity index (χ3n) is 4.23. The molecule has 0 saturated heterocycles. The second-order valence-electron chi connectivity index (χ2n) is 5.83. The molecule has 0 amide bonds. The van der Waals surface area contributed by atoms with Crippen molar-refractivity contribution in [1.29, 1.82) is 0 Å². The van der Waals surface area contributed by atoms with Crippen molar-refractivity contribution in [2.75, 3.05) is 0 Å². The lowest BCUT2D eigenvalue weighted by molar-refractivity contribution is -0.119. The minimum Gasteiger partial charge on any atom is -0.295 e. The third-order valence-corrected chi connectivity index (χ3v) is 4.66. The van der Waals surface area contributed by atoms with E-state index in [4.69, 9.17) is 0 Å². The molecule has 0 spiro atoms. The molecular weight excluding hydrogens is 324 g/mol. The highest BCUT2D eigenvalue weighted by Gasteiger charge is 2.19. The molecule has 0 radical (unpaired) electrons. The van der Waals surface area contributed by atoms with Crippen LogP contribution < -0.4 is 0 Å². The fourth-order valence-corrected chi connectivity index (χ4v) is 3.30. The second kappa shape index (κ2) is 7.74. The molecule has 1 aliphatic rings. The average Bonchev–Trinajstić information content (AvgIpc) is 2.49. The Hall–Kier alpha value is -1.15. The van der Waals surface area contributed by atoms with E-state index < -0.39 is 0 Å². The first-order valence-electron chi connectivity index (χ1n) is 7.74. The molecule has 1 aliphatic carbocycles. The van der Waals surface area contributed by atoms with Gasteiger partial charge >= 0.3 is 0 Å². The van der Waals surface area contributed by atoms with E-state index in [0.717, 1.165) is 22.9 Å². The first-order valence-corrected chi connectivity index (χ1v) is 8.53. The van der Waals surface area contributed by atoms with Crippen LogP contribution in [0.5, 0.6) is 0 Å². The maximum atomic E-state index is 12.3. The van der Waals surface area contributed by atoms with Crippen molar-refractivity contribution in [1.82, 2.24) is 0 Å². The standard InChI is InChI=1S/C19H23BrO/c1-14-8-6-7-11-17(14)18(15(2)20)12-13-19(21)16-9-4-3-5-10-16/h6-8,11-13,16H,3-5,9-10H2,1-2H3/b13-12+,18-15-. The molecule has 0 N–H and O–H groups in total. The number of aryl methyl sites for hydroxylation is 1. The molecule has 2 heteroatoms. The molecule has 21 heavy (non-hydrogen) atoms. The lowest BCUT2D eigenvalue weighted by atomic mass is 9.86. The van der Waals surface area contributed by atoms with Gasteiger partial charge in [0.05, 0.1) is 0 Å². The summed E-state index contributed by atoms with van der Waals surface area (Å²) in [7, 11) is 0. The molecule has 2 rings (SSSR count). The van der Waals surface area contributed by atoms with Crippen LogP contribution in [0.4, 0.5) is 0 Å². The number of rotatable bonds is 4. The Morgan fingerprint density at radius 1 is 1.14 bits per heavy atom. The molecular formula is C19H23BrO. The largest absolute Gasteiger partial charge is 0.295 e. The summed E-state index contributed by atoms with van der Waals surface area (Å²) in [5.74, 6) is 0.526. The van der Waals surface area contributed by atoms with Crippen LogP contribution in [0, 0.1) is 12.8 Å². The summed E-state index contributed by atoms with van der Waals surface area (Å²) in [6, 6.07) is 8.28. The summed E-state index contributed by atoms with van der Waals surface area (Å²) in [6.07, 6.45) is 9.54. The zero-order valence-corrected chi connectivity index (χ0v) is 14.4. The van der Waals surface area contributed by atoms with Crippen LogP contribution in [0.1, 0.15) is 50.2 Å². The number of carbonyl (C=O) groups is 1. The van der Waals surface area contributed by atoms with Crippen molar-refractivity contribution >= 4 is 27.3 Å². The fraction of sp³-hybridized carbons (Fsp3) is 0.421. The summed E-state index contributed by atoms with van der Waals surface area (Å²) in [6.45, 7) is 4.12. The molecule has 1 nitrogen and oxygen atoms in total. The van der Waals surface area contributed by atoms with E-state index >= 15 is 0 Å². The normalized spacial score (nSPS) is 17.9. The molecule has 1 fully saturated rings. The van der Waals surface area contributed by atoms with Gasteiger partial charge in [-0.2, -0.15) is 0 Å². The highest BCUT2D eigenvalue weighted by molar-refractivity contribution is 9.11. The quantitative estimate of drug-likeness (QED) is 0.495. The van der Waals surface area contributed by atoms with Crippen LogP contribution >= 0.6 is 15.9 Å². The van der Waals surface area contributed by atoms with E-state index in [9.17, 15) is 4.79 Å². The molecule has 0 heterocycles. The van der Waals surface area contributed by atoms with Crippen molar-refractivity contribution < 1.29 is 4.79 Å². The van der Waals surface area contributed by atoms with Crippen molar-refractivity contribution in [2.24, 2.45) is 5.92 Å².